The first-order chi connectivity index (χ1) is 16.6. The zero-order chi connectivity index (χ0) is 23.8. The number of nitrogens with zero attached hydrogens (tertiary/aromatic N) is 4. The molecule has 8 heteroatoms. The molecule has 1 aliphatic heterocycles. The number of rotatable bonds is 6. The number of aromatic nitrogens is 3. The SMILES string of the molecule is Cn1c(CCNC(=O)C2CCCN(Cc3ccncc3)CCC(=O)NCC2)nc2ccccc21. The molecule has 1 fully saturated rings. The molecule has 1 atom stereocenters. The molecule has 1 unspecified atom stereocenters. The van der Waals surface area contributed by atoms with Crippen LogP contribution in [0.5, 0.6) is 0 Å². The molecule has 0 bridgehead atoms. The van der Waals surface area contributed by atoms with Gasteiger partial charge in [-0.2, -0.15) is 0 Å². The fraction of sp³-hybridized carbons (Fsp3) is 0.462. The molecule has 0 radical (unpaired) electrons. The number of pyridine rings is 1. The van der Waals surface area contributed by atoms with E-state index in [1.807, 2.05) is 37.4 Å². The zero-order valence-corrected chi connectivity index (χ0v) is 19.9. The highest BCUT2D eigenvalue weighted by Crippen LogP contribution is 2.16. The van der Waals surface area contributed by atoms with Gasteiger partial charge in [-0.15, -0.1) is 0 Å². The molecule has 0 aliphatic carbocycles. The molecule has 2 amide bonds. The molecule has 0 saturated carbocycles. The number of imidazole rings is 1. The second-order valence-electron chi connectivity index (χ2n) is 8.98. The molecule has 1 aliphatic rings. The van der Waals surface area contributed by atoms with Crippen LogP contribution in [-0.4, -0.2) is 57.4 Å². The van der Waals surface area contributed by atoms with E-state index in [2.05, 4.69) is 36.1 Å². The standard InChI is InChI=1S/C26H34N6O2/c1-31-23-7-3-2-6-22(23)30-24(31)11-16-29-26(34)21-5-4-17-32(18-12-25(33)28-15-10-21)19-20-8-13-27-14-9-20/h2-3,6-9,13-14,21H,4-5,10-12,15-19H2,1H3,(H,28,33)(H,29,34). The predicted octanol–water partition coefficient (Wildman–Crippen LogP) is 2.44. The minimum absolute atomic E-state index is 0.0441. The van der Waals surface area contributed by atoms with Crippen molar-refractivity contribution in [3.8, 4) is 0 Å². The number of hydrogen-bond donors (Lipinski definition) is 2. The van der Waals surface area contributed by atoms with E-state index in [4.69, 9.17) is 0 Å². The summed E-state index contributed by atoms with van der Waals surface area (Å²) in [6.45, 7) is 3.44. The predicted molar refractivity (Wildman–Crippen MR) is 132 cm³/mol. The maximum absolute atomic E-state index is 13.0. The van der Waals surface area contributed by atoms with E-state index < -0.39 is 0 Å². The normalized spacial score (nSPS) is 18.3. The molecule has 1 saturated heterocycles. The fourth-order valence-corrected chi connectivity index (χ4v) is 4.58. The third-order valence-electron chi connectivity index (χ3n) is 6.55. The van der Waals surface area contributed by atoms with Crippen LogP contribution in [0.2, 0.25) is 0 Å². The molecule has 3 aromatic rings. The van der Waals surface area contributed by atoms with Crippen molar-refractivity contribution in [2.45, 2.75) is 38.6 Å². The third kappa shape index (κ3) is 6.41. The number of amides is 2. The lowest BCUT2D eigenvalue weighted by Crippen LogP contribution is -2.35. The quantitative estimate of drug-likeness (QED) is 0.587. The van der Waals surface area contributed by atoms with Crippen LogP contribution >= 0.6 is 0 Å². The minimum atomic E-state index is -0.110. The first-order valence-corrected chi connectivity index (χ1v) is 12.2. The van der Waals surface area contributed by atoms with Crippen LogP contribution in [-0.2, 0) is 29.6 Å². The topological polar surface area (TPSA) is 92.2 Å². The van der Waals surface area contributed by atoms with E-state index in [1.165, 1.54) is 5.56 Å². The number of hydrogen-bond acceptors (Lipinski definition) is 5. The Labute approximate surface area is 200 Å². The van der Waals surface area contributed by atoms with Gasteiger partial charge >= 0.3 is 0 Å². The summed E-state index contributed by atoms with van der Waals surface area (Å²) in [6.07, 6.45) is 7.13. The second kappa shape index (κ2) is 11.7. The van der Waals surface area contributed by atoms with Crippen molar-refractivity contribution < 1.29 is 9.59 Å². The summed E-state index contributed by atoms with van der Waals surface area (Å²) in [4.78, 5) is 36.3. The molecule has 8 nitrogen and oxygen atoms in total. The first-order valence-electron chi connectivity index (χ1n) is 12.2. The van der Waals surface area contributed by atoms with Crippen LogP contribution in [0.4, 0.5) is 0 Å². The van der Waals surface area contributed by atoms with Gasteiger partial charge in [0.1, 0.15) is 5.82 Å². The summed E-state index contributed by atoms with van der Waals surface area (Å²) < 4.78 is 2.08. The highest BCUT2D eigenvalue weighted by atomic mass is 16.2. The molecule has 34 heavy (non-hydrogen) atoms. The second-order valence-corrected chi connectivity index (χ2v) is 8.98. The van der Waals surface area contributed by atoms with Gasteiger partial charge < -0.3 is 15.2 Å². The largest absolute Gasteiger partial charge is 0.356 e. The van der Waals surface area contributed by atoms with Gasteiger partial charge in [-0.1, -0.05) is 12.1 Å². The van der Waals surface area contributed by atoms with Crippen molar-refractivity contribution in [2.75, 3.05) is 26.2 Å². The minimum Gasteiger partial charge on any atom is -0.356 e. The lowest BCUT2D eigenvalue weighted by atomic mass is 9.98. The van der Waals surface area contributed by atoms with Gasteiger partial charge in [-0.3, -0.25) is 19.5 Å². The van der Waals surface area contributed by atoms with E-state index >= 15 is 0 Å². The molecule has 0 spiro atoms. The van der Waals surface area contributed by atoms with Gasteiger partial charge in [0.2, 0.25) is 11.8 Å². The Kier molecular flexibility index (Phi) is 8.25. The summed E-state index contributed by atoms with van der Waals surface area (Å²) in [5.74, 6) is 0.958. The maximum atomic E-state index is 13.0. The monoisotopic (exact) mass is 462 g/mol. The molecule has 2 aromatic heterocycles. The zero-order valence-electron chi connectivity index (χ0n) is 19.9. The van der Waals surface area contributed by atoms with E-state index in [0.29, 0.717) is 38.9 Å². The van der Waals surface area contributed by atoms with Crippen LogP contribution in [0.15, 0.2) is 48.8 Å². The number of benzene rings is 1. The average molecular weight is 463 g/mol. The average Bonchev–Trinajstić information content (AvgIpc) is 3.15. The first kappa shape index (κ1) is 23.9. The number of carbonyl (C=O) groups is 2. The lowest BCUT2D eigenvalue weighted by molar-refractivity contribution is -0.126. The van der Waals surface area contributed by atoms with Crippen molar-refractivity contribution >= 4 is 22.8 Å². The smallest absolute Gasteiger partial charge is 0.223 e. The van der Waals surface area contributed by atoms with Crippen LogP contribution in [0.25, 0.3) is 11.0 Å². The van der Waals surface area contributed by atoms with Gasteiger partial charge in [0.05, 0.1) is 11.0 Å². The number of nitrogens with one attached hydrogen (secondary N) is 2. The Balaban J connectivity index is 1.31. The maximum Gasteiger partial charge on any atom is 0.223 e. The Hall–Kier alpha value is -3.26. The van der Waals surface area contributed by atoms with Crippen LogP contribution in [0, 0.1) is 5.92 Å². The summed E-state index contributed by atoms with van der Waals surface area (Å²) in [5.41, 5.74) is 3.25. The lowest BCUT2D eigenvalue weighted by Gasteiger charge is -2.22. The van der Waals surface area contributed by atoms with Crippen molar-refractivity contribution in [1.29, 1.82) is 0 Å². The molecule has 3 heterocycles. The van der Waals surface area contributed by atoms with Crippen LogP contribution in [0.3, 0.4) is 0 Å². The van der Waals surface area contributed by atoms with Gasteiger partial charge in [0, 0.05) is 64.4 Å². The number of para-hydroxylation sites is 2. The van der Waals surface area contributed by atoms with Gasteiger partial charge in [-0.05, 0) is 55.6 Å². The molecular formula is C26H34N6O2. The third-order valence-corrected chi connectivity index (χ3v) is 6.55. The highest BCUT2D eigenvalue weighted by molar-refractivity contribution is 5.79. The molecular weight excluding hydrogens is 428 g/mol. The van der Waals surface area contributed by atoms with Crippen molar-refractivity contribution in [3.05, 3.63) is 60.2 Å². The Morgan fingerprint density at radius 1 is 1.15 bits per heavy atom. The van der Waals surface area contributed by atoms with E-state index in [-0.39, 0.29) is 17.7 Å². The van der Waals surface area contributed by atoms with Crippen molar-refractivity contribution in [3.63, 3.8) is 0 Å². The van der Waals surface area contributed by atoms with Crippen LogP contribution < -0.4 is 10.6 Å². The highest BCUT2D eigenvalue weighted by Gasteiger charge is 2.20. The Morgan fingerprint density at radius 3 is 2.79 bits per heavy atom. The Bertz CT molecular complexity index is 1100. The summed E-state index contributed by atoms with van der Waals surface area (Å²) >= 11 is 0. The summed E-state index contributed by atoms with van der Waals surface area (Å²) in [5, 5.41) is 6.09. The molecule has 180 valence electrons. The van der Waals surface area contributed by atoms with E-state index in [1.54, 1.807) is 12.4 Å². The molecule has 2 N–H and O–H groups in total. The van der Waals surface area contributed by atoms with Crippen molar-refractivity contribution in [1.82, 2.24) is 30.1 Å². The van der Waals surface area contributed by atoms with Gasteiger partial charge in [0.25, 0.3) is 0 Å². The Morgan fingerprint density at radius 2 is 1.97 bits per heavy atom. The number of carbonyl (C=O) groups excluding carboxylic acids is 2. The molecule has 4 rings (SSSR count). The molecule has 1 aromatic carbocycles. The van der Waals surface area contributed by atoms with Crippen molar-refractivity contribution in [2.24, 2.45) is 13.0 Å². The van der Waals surface area contributed by atoms with E-state index in [9.17, 15) is 9.59 Å². The van der Waals surface area contributed by atoms with Crippen LogP contribution in [0.1, 0.15) is 37.1 Å². The summed E-state index contributed by atoms with van der Waals surface area (Å²) in [6, 6.07) is 12.1. The summed E-state index contributed by atoms with van der Waals surface area (Å²) in [7, 11) is 2.01. The van der Waals surface area contributed by atoms with Gasteiger partial charge in [0.15, 0.2) is 0 Å². The fourth-order valence-electron chi connectivity index (χ4n) is 4.58. The van der Waals surface area contributed by atoms with E-state index in [0.717, 1.165) is 42.8 Å². The number of fused-ring (bicyclic) bond motifs is 1. The van der Waals surface area contributed by atoms with Gasteiger partial charge in [-0.25, -0.2) is 4.98 Å². The number of aryl methyl sites for hydroxylation is 1.